The third-order valence-corrected chi connectivity index (χ3v) is 3.28. The Morgan fingerprint density at radius 1 is 1.27 bits per heavy atom. The van der Waals surface area contributed by atoms with Crippen LogP contribution < -0.4 is 5.32 Å². The Morgan fingerprint density at radius 3 is 2.80 bits per heavy atom. The van der Waals surface area contributed by atoms with Gasteiger partial charge in [0, 0.05) is 6.04 Å². The second-order valence-corrected chi connectivity index (χ2v) is 4.67. The molecule has 0 bridgehead atoms. The average molecular weight is 203 g/mol. The summed E-state index contributed by atoms with van der Waals surface area (Å²) in [5.41, 5.74) is 2.83. The number of hydrogen-bond acceptors (Lipinski definition) is 1. The summed E-state index contributed by atoms with van der Waals surface area (Å²) in [5, 5.41) is 3.65. The first-order valence-corrected chi connectivity index (χ1v) is 6.13. The molecule has 1 nitrogen and oxygen atoms in total. The molecule has 1 aliphatic carbocycles. The van der Waals surface area contributed by atoms with E-state index in [4.69, 9.17) is 0 Å². The Balaban J connectivity index is 1.73. The molecule has 15 heavy (non-hydrogen) atoms. The van der Waals surface area contributed by atoms with Gasteiger partial charge in [-0.15, -0.1) is 0 Å². The van der Waals surface area contributed by atoms with E-state index in [1.807, 2.05) is 0 Å². The third kappa shape index (κ3) is 3.35. The van der Waals surface area contributed by atoms with Crippen molar-refractivity contribution in [3.63, 3.8) is 0 Å². The molecule has 0 spiro atoms. The first kappa shape index (κ1) is 10.7. The number of hydrogen-bond donors (Lipinski definition) is 1. The molecule has 1 heteroatoms. The van der Waals surface area contributed by atoms with E-state index >= 15 is 0 Å². The van der Waals surface area contributed by atoms with Crippen LogP contribution in [0.3, 0.4) is 0 Å². The molecule has 0 amide bonds. The zero-order valence-corrected chi connectivity index (χ0v) is 9.63. The molecule has 2 rings (SSSR count). The quantitative estimate of drug-likeness (QED) is 0.793. The van der Waals surface area contributed by atoms with Gasteiger partial charge in [-0.25, -0.2) is 0 Å². The molecule has 0 heterocycles. The summed E-state index contributed by atoms with van der Waals surface area (Å²) >= 11 is 0. The standard InChI is InChI=1S/C14H21N/c1-12-5-4-6-13(11-12)9-10-15-14-7-2-3-8-14/h4-6,11,14-15H,2-3,7-10H2,1H3. The van der Waals surface area contributed by atoms with Crippen molar-refractivity contribution in [1.29, 1.82) is 0 Å². The Kier molecular flexibility index (Phi) is 3.79. The smallest absolute Gasteiger partial charge is 0.00671 e. The fraction of sp³-hybridized carbons (Fsp3) is 0.571. The normalized spacial score (nSPS) is 17.1. The Bertz CT molecular complexity index is 300. The van der Waals surface area contributed by atoms with Gasteiger partial charge in [-0.3, -0.25) is 0 Å². The summed E-state index contributed by atoms with van der Waals surface area (Å²) in [6.45, 7) is 3.29. The van der Waals surface area contributed by atoms with Crippen molar-refractivity contribution < 1.29 is 0 Å². The molecule has 0 aliphatic heterocycles. The molecule has 0 radical (unpaired) electrons. The molecule has 1 aromatic rings. The largest absolute Gasteiger partial charge is 0.314 e. The Labute approximate surface area is 92.9 Å². The zero-order chi connectivity index (χ0) is 10.5. The highest BCUT2D eigenvalue weighted by atomic mass is 14.9. The van der Waals surface area contributed by atoms with Crippen LogP contribution in [0.2, 0.25) is 0 Å². The number of nitrogens with one attached hydrogen (secondary N) is 1. The van der Waals surface area contributed by atoms with E-state index in [2.05, 4.69) is 36.5 Å². The first-order chi connectivity index (χ1) is 7.34. The minimum Gasteiger partial charge on any atom is -0.314 e. The van der Waals surface area contributed by atoms with Gasteiger partial charge >= 0.3 is 0 Å². The van der Waals surface area contributed by atoms with Crippen molar-refractivity contribution in [2.45, 2.75) is 45.1 Å². The number of benzene rings is 1. The Morgan fingerprint density at radius 2 is 2.07 bits per heavy atom. The van der Waals surface area contributed by atoms with Gasteiger partial charge in [-0.1, -0.05) is 42.7 Å². The summed E-state index contributed by atoms with van der Waals surface area (Å²) in [7, 11) is 0. The average Bonchev–Trinajstić information content (AvgIpc) is 2.71. The highest BCUT2D eigenvalue weighted by molar-refractivity contribution is 5.22. The molecule has 1 aliphatic rings. The van der Waals surface area contributed by atoms with E-state index in [1.54, 1.807) is 0 Å². The molecule has 0 atom stereocenters. The van der Waals surface area contributed by atoms with Gasteiger partial charge < -0.3 is 5.32 Å². The van der Waals surface area contributed by atoms with Crippen molar-refractivity contribution in [2.75, 3.05) is 6.54 Å². The lowest BCUT2D eigenvalue weighted by Crippen LogP contribution is -2.27. The molecule has 1 saturated carbocycles. The summed E-state index contributed by atoms with van der Waals surface area (Å²) in [6.07, 6.45) is 6.77. The highest BCUT2D eigenvalue weighted by Gasteiger charge is 2.13. The first-order valence-electron chi connectivity index (χ1n) is 6.13. The lowest BCUT2D eigenvalue weighted by molar-refractivity contribution is 0.528. The SMILES string of the molecule is Cc1cccc(CCNC2CCCC2)c1. The van der Waals surface area contributed by atoms with E-state index in [0.717, 1.165) is 19.0 Å². The van der Waals surface area contributed by atoms with Gasteiger partial charge in [-0.05, 0) is 38.3 Å². The monoisotopic (exact) mass is 203 g/mol. The van der Waals surface area contributed by atoms with E-state index in [-0.39, 0.29) is 0 Å². The fourth-order valence-corrected chi connectivity index (χ4v) is 2.42. The van der Waals surface area contributed by atoms with Gasteiger partial charge in [0.2, 0.25) is 0 Å². The van der Waals surface area contributed by atoms with E-state index < -0.39 is 0 Å². The van der Waals surface area contributed by atoms with Gasteiger partial charge in [0.15, 0.2) is 0 Å². The predicted molar refractivity (Wildman–Crippen MR) is 65.1 cm³/mol. The van der Waals surface area contributed by atoms with Crippen LogP contribution in [0.4, 0.5) is 0 Å². The molecular weight excluding hydrogens is 182 g/mol. The molecule has 0 unspecified atom stereocenters. The van der Waals surface area contributed by atoms with E-state index in [0.29, 0.717) is 0 Å². The highest BCUT2D eigenvalue weighted by Crippen LogP contribution is 2.17. The van der Waals surface area contributed by atoms with Gasteiger partial charge in [0.1, 0.15) is 0 Å². The van der Waals surface area contributed by atoms with Crippen LogP contribution >= 0.6 is 0 Å². The topological polar surface area (TPSA) is 12.0 Å². The van der Waals surface area contributed by atoms with Crippen LogP contribution in [0, 0.1) is 6.92 Å². The lowest BCUT2D eigenvalue weighted by atomic mass is 10.1. The molecule has 1 aromatic carbocycles. The second kappa shape index (κ2) is 5.32. The van der Waals surface area contributed by atoms with Crippen molar-refractivity contribution in [2.24, 2.45) is 0 Å². The van der Waals surface area contributed by atoms with E-state index in [9.17, 15) is 0 Å². The maximum absolute atomic E-state index is 3.65. The van der Waals surface area contributed by atoms with E-state index in [1.165, 1.54) is 36.8 Å². The van der Waals surface area contributed by atoms with Gasteiger partial charge in [0.05, 0.1) is 0 Å². The summed E-state index contributed by atoms with van der Waals surface area (Å²) in [5.74, 6) is 0. The van der Waals surface area contributed by atoms with Crippen LogP contribution in [-0.2, 0) is 6.42 Å². The van der Waals surface area contributed by atoms with Crippen molar-refractivity contribution in [3.8, 4) is 0 Å². The maximum Gasteiger partial charge on any atom is 0.00671 e. The van der Waals surface area contributed by atoms with Crippen LogP contribution in [-0.4, -0.2) is 12.6 Å². The third-order valence-electron chi connectivity index (χ3n) is 3.28. The molecule has 0 aromatic heterocycles. The summed E-state index contributed by atoms with van der Waals surface area (Å²) < 4.78 is 0. The zero-order valence-electron chi connectivity index (χ0n) is 9.63. The fourth-order valence-electron chi connectivity index (χ4n) is 2.42. The van der Waals surface area contributed by atoms with Crippen molar-refractivity contribution in [3.05, 3.63) is 35.4 Å². The van der Waals surface area contributed by atoms with Crippen molar-refractivity contribution in [1.82, 2.24) is 5.32 Å². The van der Waals surface area contributed by atoms with Crippen LogP contribution in [0.5, 0.6) is 0 Å². The minimum absolute atomic E-state index is 0.801. The summed E-state index contributed by atoms with van der Waals surface area (Å²) in [6, 6.07) is 9.63. The predicted octanol–water partition coefficient (Wildman–Crippen LogP) is 3.07. The van der Waals surface area contributed by atoms with Gasteiger partial charge in [0.25, 0.3) is 0 Å². The molecule has 82 valence electrons. The number of rotatable bonds is 4. The minimum atomic E-state index is 0.801. The lowest BCUT2D eigenvalue weighted by Gasteiger charge is -2.11. The molecular formula is C14H21N. The second-order valence-electron chi connectivity index (χ2n) is 4.67. The van der Waals surface area contributed by atoms with Crippen LogP contribution in [0.1, 0.15) is 36.8 Å². The van der Waals surface area contributed by atoms with Gasteiger partial charge in [-0.2, -0.15) is 0 Å². The van der Waals surface area contributed by atoms with Crippen LogP contribution in [0.15, 0.2) is 24.3 Å². The molecule has 1 N–H and O–H groups in total. The number of aryl methyl sites for hydroxylation is 1. The molecule has 1 fully saturated rings. The maximum atomic E-state index is 3.65. The van der Waals surface area contributed by atoms with Crippen molar-refractivity contribution >= 4 is 0 Å². The Hall–Kier alpha value is -0.820. The van der Waals surface area contributed by atoms with Crippen LogP contribution in [0.25, 0.3) is 0 Å². The summed E-state index contributed by atoms with van der Waals surface area (Å²) in [4.78, 5) is 0. The molecule has 0 saturated heterocycles.